The molecule has 0 aliphatic carbocycles. The number of carbonyl (C=O) groups is 1. The van der Waals surface area contributed by atoms with Crippen LogP contribution in [0, 0.1) is 5.41 Å². The number of pyridine rings is 1. The van der Waals surface area contributed by atoms with Crippen LogP contribution in [0.5, 0.6) is 0 Å². The lowest BCUT2D eigenvalue weighted by Crippen LogP contribution is -2.52. The van der Waals surface area contributed by atoms with Crippen molar-refractivity contribution in [2.24, 2.45) is 5.41 Å². The molecular formula is C14H22N4O. The van der Waals surface area contributed by atoms with Gasteiger partial charge in [-0.25, -0.2) is 4.98 Å². The maximum Gasteiger partial charge on any atom is 0.228 e. The smallest absolute Gasteiger partial charge is 0.228 e. The normalized spacial score (nSPS) is 16.6. The van der Waals surface area contributed by atoms with E-state index in [0.717, 1.165) is 32.0 Å². The van der Waals surface area contributed by atoms with Gasteiger partial charge in [0.15, 0.2) is 5.82 Å². The summed E-state index contributed by atoms with van der Waals surface area (Å²) in [5.41, 5.74) is 6.31. The molecule has 0 bridgehead atoms. The lowest BCUT2D eigenvalue weighted by Gasteiger charge is -2.38. The second-order valence-corrected chi connectivity index (χ2v) is 5.95. The van der Waals surface area contributed by atoms with Crippen molar-refractivity contribution in [2.75, 3.05) is 36.8 Å². The van der Waals surface area contributed by atoms with Crippen LogP contribution in [0.3, 0.4) is 0 Å². The first kappa shape index (κ1) is 13.6. The van der Waals surface area contributed by atoms with Gasteiger partial charge in [0.25, 0.3) is 0 Å². The minimum absolute atomic E-state index is 0.209. The zero-order valence-corrected chi connectivity index (χ0v) is 11.9. The maximum atomic E-state index is 12.2. The van der Waals surface area contributed by atoms with Gasteiger partial charge in [-0.3, -0.25) is 4.79 Å². The molecule has 5 heteroatoms. The Labute approximate surface area is 114 Å². The summed E-state index contributed by atoms with van der Waals surface area (Å²) in [6.45, 7) is 8.89. The number of nitrogens with zero attached hydrogens (tertiary/aromatic N) is 3. The SMILES string of the molecule is CC(C)(C)C(=O)N1CCN(c2ncccc2N)CC1. The Kier molecular flexibility index (Phi) is 3.64. The van der Waals surface area contributed by atoms with E-state index in [4.69, 9.17) is 5.73 Å². The molecule has 0 radical (unpaired) electrons. The number of aromatic nitrogens is 1. The summed E-state index contributed by atoms with van der Waals surface area (Å²) in [4.78, 5) is 20.6. The maximum absolute atomic E-state index is 12.2. The second-order valence-electron chi connectivity index (χ2n) is 5.95. The van der Waals surface area contributed by atoms with E-state index in [0.29, 0.717) is 5.69 Å². The molecule has 5 nitrogen and oxygen atoms in total. The summed E-state index contributed by atoms with van der Waals surface area (Å²) in [6, 6.07) is 3.69. The fraction of sp³-hybridized carbons (Fsp3) is 0.571. The van der Waals surface area contributed by atoms with E-state index < -0.39 is 0 Å². The fourth-order valence-electron chi connectivity index (χ4n) is 2.27. The minimum atomic E-state index is -0.313. The van der Waals surface area contributed by atoms with E-state index in [1.165, 1.54) is 0 Å². The van der Waals surface area contributed by atoms with Crippen molar-refractivity contribution in [2.45, 2.75) is 20.8 Å². The van der Waals surface area contributed by atoms with Crippen LogP contribution in [0.1, 0.15) is 20.8 Å². The van der Waals surface area contributed by atoms with E-state index in [-0.39, 0.29) is 11.3 Å². The Balaban J connectivity index is 2.00. The summed E-state index contributed by atoms with van der Waals surface area (Å²) >= 11 is 0. The molecule has 1 aliphatic heterocycles. The van der Waals surface area contributed by atoms with Crippen LogP contribution in [-0.4, -0.2) is 42.0 Å². The van der Waals surface area contributed by atoms with Gasteiger partial charge >= 0.3 is 0 Å². The molecule has 0 atom stereocenters. The summed E-state index contributed by atoms with van der Waals surface area (Å²) in [5, 5.41) is 0. The zero-order chi connectivity index (χ0) is 14.0. The average molecular weight is 262 g/mol. The van der Waals surface area contributed by atoms with Crippen molar-refractivity contribution in [3.05, 3.63) is 18.3 Å². The topological polar surface area (TPSA) is 62.5 Å². The number of hydrogen-bond acceptors (Lipinski definition) is 4. The molecule has 104 valence electrons. The second kappa shape index (κ2) is 5.07. The first-order valence-corrected chi connectivity index (χ1v) is 6.64. The lowest BCUT2D eigenvalue weighted by molar-refractivity contribution is -0.139. The van der Waals surface area contributed by atoms with Crippen molar-refractivity contribution >= 4 is 17.4 Å². The van der Waals surface area contributed by atoms with Gasteiger partial charge < -0.3 is 15.5 Å². The van der Waals surface area contributed by atoms with Crippen LogP contribution in [0.2, 0.25) is 0 Å². The van der Waals surface area contributed by atoms with E-state index >= 15 is 0 Å². The molecule has 0 aromatic carbocycles. The van der Waals surface area contributed by atoms with E-state index in [1.807, 2.05) is 37.8 Å². The highest BCUT2D eigenvalue weighted by Crippen LogP contribution is 2.23. The molecule has 1 amide bonds. The van der Waals surface area contributed by atoms with Crippen molar-refractivity contribution in [1.82, 2.24) is 9.88 Å². The fourth-order valence-corrected chi connectivity index (χ4v) is 2.27. The molecule has 1 saturated heterocycles. The Morgan fingerprint density at radius 2 is 1.89 bits per heavy atom. The molecule has 1 aromatic rings. The molecule has 1 fully saturated rings. The van der Waals surface area contributed by atoms with Gasteiger partial charge in [0, 0.05) is 37.8 Å². The summed E-state index contributed by atoms with van der Waals surface area (Å²) in [5.74, 6) is 1.03. The van der Waals surface area contributed by atoms with Gasteiger partial charge in [-0.05, 0) is 12.1 Å². The highest BCUT2D eigenvalue weighted by molar-refractivity contribution is 5.81. The molecular weight excluding hydrogens is 240 g/mol. The Bertz CT molecular complexity index is 459. The third kappa shape index (κ3) is 2.97. The van der Waals surface area contributed by atoms with Crippen molar-refractivity contribution in [1.29, 1.82) is 0 Å². The van der Waals surface area contributed by atoms with Crippen LogP contribution in [0.25, 0.3) is 0 Å². The number of carbonyl (C=O) groups excluding carboxylic acids is 1. The first-order valence-electron chi connectivity index (χ1n) is 6.64. The van der Waals surface area contributed by atoms with Gasteiger partial charge in [-0.2, -0.15) is 0 Å². The number of hydrogen-bond donors (Lipinski definition) is 1. The summed E-state index contributed by atoms with van der Waals surface area (Å²) in [7, 11) is 0. The number of nitrogens with two attached hydrogens (primary N) is 1. The summed E-state index contributed by atoms with van der Waals surface area (Å²) in [6.07, 6.45) is 1.75. The number of anilines is 2. The first-order chi connectivity index (χ1) is 8.89. The van der Waals surface area contributed by atoms with Crippen LogP contribution in [0.15, 0.2) is 18.3 Å². The Morgan fingerprint density at radius 1 is 1.26 bits per heavy atom. The molecule has 0 saturated carbocycles. The zero-order valence-electron chi connectivity index (χ0n) is 11.9. The Morgan fingerprint density at radius 3 is 2.42 bits per heavy atom. The molecule has 2 rings (SSSR count). The quantitative estimate of drug-likeness (QED) is 0.830. The number of piperazine rings is 1. The molecule has 2 heterocycles. The Hall–Kier alpha value is -1.78. The van der Waals surface area contributed by atoms with Gasteiger partial charge in [0.1, 0.15) is 0 Å². The third-order valence-electron chi connectivity index (χ3n) is 3.32. The highest BCUT2D eigenvalue weighted by atomic mass is 16.2. The minimum Gasteiger partial charge on any atom is -0.396 e. The molecule has 2 N–H and O–H groups in total. The molecule has 0 spiro atoms. The van der Waals surface area contributed by atoms with Crippen molar-refractivity contribution in [3.8, 4) is 0 Å². The summed E-state index contributed by atoms with van der Waals surface area (Å²) < 4.78 is 0. The van der Waals surface area contributed by atoms with Gasteiger partial charge in [0.05, 0.1) is 5.69 Å². The van der Waals surface area contributed by atoms with Crippen molar-refractivity contribution < 1.29 is 4.79 Å². The van der Waals surface area contributed by atoms with E-state index in [9.17, 15) is 4.79 Å². The molecule has 1 aliphatic rings. The highest BCUT2D eigenvalue weighted by Gasteiger charge is 2.30. The van der Waals surface area contributed by atoms with Gasteiger partial charge in [-0.1, -0.05) is 20.8 Å². The average Bonchev–Trinajstić information content (AvgIpc) is 2.38. The molecule has 19 heavy (non-hydrogen) atoms. The van der Waals surface area contributed by atoms with Gasteiger partial charge in [-0.15, -0.1) is 0 Å². The van der Waals surface area contributed by atoms with Crippen molar-refractivity contribution in [3.63, 3.8) is 0 Å². The number of amides is 1. The van der Waals surface area contributed by atoms with E-state index in [1.54, 1.807) is 6.20 Å². The monoisotopic (exact) mass is 262 g/mol. The van der Waals surface area contributed by atoms with Gasteiger partial charge in [0.2, 0.25) is 5.91 Å². The van der Waals surface area contributed by atoms with Crippen LogP contribution in [-0.2, 0) is 4.79 Å². The molecule has 1 aromatic heterocycles. The van der Waals surface area contributed by atoms with Crippen LogP contribution >= 0.6 is 0 Å². The molecule has 0 unspecified atom stereocenters. The predicted molar refractivity (Wildman–Crippen MR) is 76.9 cm³/mol. The van der Waals surface area contributed by atoms with Crippen LogP contribution < -0.4 is 10.6 Å². The van der Waals surface area contributed by atoms with Crippen LogP contribution in [0.4, 0.5) is 11.5 Å². The lowest BCUT2D eigenvalue weighted by atomic mass is 9.94. The predicted octanol–water partition coefficient (Wildman–Crippen LogP) is 1.36. The largest absolute Gasteiger partial charge is 0.396 e. The van der Waals surface area contributed by atoms with E-state index in [2.05, 4.69) is 9.88 Å². The third-order valence-corrected chi connectivity index (χ3v) is 3.32. The number of rotatable bonds is 1. The number of nitrogen functional groups attached to an aromatic ring is 1. The standard InChI is InChI=1S/C14H22N4O/c1-14(2,3)13(19)18-9-7-17(8-10-18)12-11(15)5-4-6-16-12/h4-6H,7-10,15H2,1-3H3.